The minimum Gasteiger partial charge on any atom is -0.478 e. The molecule has 1 rings (SSSR count). The second-order valence-corrected chi connectivity index (χ2v) is 8.60. The van der Waals surface area contributed by atoms with Crippen LogP contribution in [0.3, 0.4) is 0 Å². The molecule has 0 atom stereocenters. The van der Waals surface area contributed by atoms with E-state index in [0.29, 0.717) is 6.42 Å². The lowest BCUT2D eigenvalue weighted by Crippen LogP contribution is -2.14. The third-order valence-electron chi connectivity index (χ3n) is 5.61. The maximum atomic E-state index is 11.8. The molecule has 0 radical (unpaired) electrons. The summed E-state index contributed by atoms with van der Waals surface area (Å²) >= 11 is 0. The van der Waals surface area contributed by atoms with Gasteiger partial charge in [-0.25, -0.2) is 9.59 Å². The van der Waals surface area contributed by atoms with Gasteiger partial charge < -0.3 is 10.2 Å². The van der Waals surface area contributed by atoms with Crippen LogP contribution in [0.25, 0.3) is 0 Å². The maximum Gasteiger partial charge on any atom is 0.336 e. The van der Waals surface area contributed by atoms with E-state index in [-0.39, 0.29) is 11.1 Å². The number of carbonyl (C=O) groups is 2. The van der Waals surface area contributed by atoms with Crippen LogP contribution in [0.2, 0.25) is 0 Å². The molecule has 1 aromatic carbocycles. The second kappa shape index (κ2) is 14.2. The number of hydrogen-bond donors (Lipinski definition) is 2. The van der Waals surface area contributed by atoms with E-state index in [4.69, 9.17) is 0 Å². The van der Waals surface area contributed by atoms with Crippen molar-refractivity contribution >= 4 is 11.9 Å². The van der Waals surface area contributed by atoms with Gasteiger partial charge >= 0.3 is 11.9 Å². The molecule has 0 aliphatic rings. The van der Waals surface area contributed by atoms with E-state index in [2.05, 4.69) is 20.8 Å². The van der Waals surface area contributed by atoms with Crippen molar-refractivity contribution in [3.8, 4) is 0 Å². The molecular formula is C25H40O4. The molecule has 0 unspecified atom stereocenters. The zero-order chi connectivity index (χ0) is 21.6. The van der Waals surface area contributed by atoms with E-state index in [1.54, 1.807) is 0 Å². The summed E-state index contributed by atoms with van der Waals surface area (Å²) in [5.74, 6) is -1.49. The topological polar surface area (TPSA) is 74.6 Å². The van der Waals surface area contributed by atoms with E-state index in [0.717, 1.165) is 55.6 Å². The Labute approximate surface area is 176 Å². The van der Waals surface area contributed by atoms with Crippen LogP contribution in [-0.2, 0) is 12.8 Å². The third-order valence-corrected chi connectivity index (χ3v) is 5.61. The van der Waals surface area contributed by atoms with E-state index in [1.165, 1.54) is 44.6 Å². The van der Waals surface area contributed by atoms with Crippen molar-refractivity contribution < 1.29 is 19.8 Å². The van der Waals surface area contributed by atoms with Crippen molar-refractivity contribution in [2.45, 2.75) is 104 Å². The van der Waals surface area contributed by atoms with Crippen LogP contribution in [-0.4, -0.2) is 22.2 Å². The van der Waals surface area contributed by atoms with Gasteiger partial charge in [0.25, 0.3) is 0 Å². The number of benzene rings is 1. The minimum absolute atomic E-state index is 0.00347. The maximum absolute atomic E-state index is 11.8. The van der Waals surface area contributed by atoms with Crippen molar-refractivity contribution in [2.75, 3.05) is 0 Å². The monoisotopic (exact) mass is 404 g/mol. The Kier molecular flexibility index (Phi) is 12.3. The molecule has 29 heavy (non-hydrogen) atoms. The highest BCUT2D eigenvalue weighted by atomic mass is 16.4. The number of hydrogen-bond acceptors (Lipinski definition) is 2. The second-order valence-electron chi connectivity index (χ2n) is 8.60. The van der Waals surface area contributed by atoms with Gasteiger partial charge in [-0.2, -0.15) is 0 Å². The molecule has 0 fully saturated rings. The van der Waals surface area contributed by atoms with Gasteiger partial charge in [0.15, 0.2) is 0 Å². The van der Waals surface area contributed by atoms with Crippen LogP contribution in [0.5, 0.6) is 0 Å². The van der Waals surface area contributed by atoms with E-state index in [1.807, 2.05) is 6.07 Å². The molecule has 0 heterocycles. The molecule has 4 nitrogen and oxygen atoms in total. The van der Waals surface area contributed by atoms with Crippen LogP contribution >= 0.6 is 0 Å². The van der Waals surface area contributed by atoms with Crippen LogP contribution in [0.4, 0.5) is 0 Å². The first-order valence-electron chi connectivity index (χ1n) is 11.5. The quantitative estimate of drug-likeness (QED) is 0.287. The molecule has 0 amide bonds. The molecule has 0 spiro atoms. The molecular weight excluding hydrogens is 364 g/mol. The number of rotatable bonds is 16. The number of aryl methyl sites for hydroxylation is 1. The highest BCUT2D eigenvalue weighted by Gasteiger charge is 2.22. The van der Waals surface area contributed by atoms with Crippen LogP contribution in [0.15, 0.2) is 12.1 Å². The zero-order valence-corrected chi connectivity index (χ0v) is 18.6. The van der Waals surface area contributed by atoms with Crippen LogP contribution in [0, 0.1) is 5.92 Å². The summed E-state index contributed by atoms with van der Waals surface area (Å²) in [5.41, 5.74) is 1.64. The predicted molar refractivity (Wildman–Crippen MR) is 119 cm³/mol. The van der Waals surface area contributed by atoms with Crippen molar-refractivity contribution in [3.63, 3.8) is 0 Å². The summed E-state index contributed by atoms with van der Waals surface area (Å²) in [6, 6.07) is 3.28. The Morgan fingerprint density at radius 1 is 0.793 bits per heavy atom. The van der Waals surface area contributed by atoms with Crippen molar-refractivity contribution in [1.82, 2.24) is 0 Å². The molecule has 0 aliphatic carbocycles. The Bertz CT molecular complexity index is 634. The average Bonchev–Trinajstić information content (AvgIpc) is 2.67. The Morgan fingerprint density at radius 2 is 1.38 bits per heavy atom. The SMILES string of the molecule is CCCCc1ccc(C(=O)O)c(C(=O)O)c1CCCCCCCCCCC(C)C. The first kappa shape index (κ1) is 25.2. The average molecular weight is 405 g/mol. The number of unbranched alkanes of at least 4 members (excludes halogenated alkanes) is 8. The van der Waals surface area contributed by atoms with Crippen molar-refractivity contribution in [2.24, 2.45) is 5.92 Å². The number of carboxylic acids is 2. The van der Waals surface area contributed by atoms with Gasteiger partial charge in [0.2, 0.25) is 0 Å². The molecule has 4 heteroatoms. The smallest absolute Gasteiger partial charge is 0.336 e. The standard InChI is InChI=1S/C25H40O4/c1-4-5-15-20-17-18-22(24(26)27)23(25(28)29)21(20)16-13-11-9-7-6-8-10-12-14-19(2)3/h17-19H,4-16H2,1-3H3,(H,26,27)(H,28,29). The summed E-state index contributed by atoms with van der Waals surface area (Å²) in [5, 5.41) is 19.1. The van der Waals surface area contributed by atoms with E-state index >= 15 is 0 Å². The summed E-state index contributed by atoms with van der Waals surface area (Å²) in [7, 11) is 0. The number of aromatic carboxylic acids is 2. The Hall–Kier alpha value is -1.84. The Morgan fingerprint density at radius 3 is 1.90 bits per heavy atom. The summed E-state index contributed by atoms with van der Waals surface area (Å²) in [6.45, 7) is 6.65. The fourth-order valence-electron chi connectivity index (χ4n) is 3.92. The van der Waals surface area contributed by atoms with Gasteiger partial charge in [-0.1, -0.05) is 84.6 Å². The molecule has 0 aromatic heterocycles. The summed E-state index contributed by atoms with van der Waals surface area (Å²) < 4.78 is 0. The van der Waals surface area contributed by atoms with Gasteiger partial charge in [0.05, 0.1) is 11.1 Å². The van der Waals surface area contributed by atoms with Gasteiger partial charge in [-0.15, -0.1) is 0 Å². The highest BCUT2D eigenvalue weighted by Crippen LogP contribution is 2.24. The minimum atomic E-state index is -1.16. The third kappa shape index (κ3) is 9.47. The van der Waals surface area contributed by atoms with Gasteiger partial charge in [-0.3, -0.25) is 0 Å². The molecule has 0 aliphatic heterocycles. The van der Waals surface area contributed by atoms with Crippen molar-refractivity contribution in [1.29, 1.82) is 0 Å². The molecule has 2 N–H and O–H groups in total. The van der Waals surface area contributed by atoms with Crippen LogP contribution in [0.1, 0.15) is 123 Å². The molecule has 0 saturated carbocycles. The lowest BCUT2D eigenvalue weighted by atomic mass is 9.89. The lowest BCUT2D eigenvalue weighted by molar-refractivity contribution is 0.0650. The molecule has 0 bridgehead atoms. The molecule has 1 aromatic rings. The first-order valence-corrected chi connectivity index (χ1v) is 11.5. The van der Waals surface area contributed by atoms with Gasteiger partial charge in [0.1, 0.15) is 0 Å². The fraction of sp³-hybridized carbons (Fsp3) is 0.680. The van der Waals surface area contributed by atoms with Crippen molar-refractivity contribution in [3.05, 3.63) is 34.4 Å². The fourth-order valence-corrected chi connectivity index (χ4v) is 3.92. The number of carboxylic acid groups (broad SMARTS) is 2. The largest absolute Gasteiger partial charge is 0.478 e. The van der Waals surface area contributed by atoms with E-state index < -0.39 is 11.9 Å². The Balaban J connectivity index is 2.57. The van der Waals surface area contributed by atoms with Gasteiger partial charge in [-0.05, 0) is 48.8 Å². The highest BCUT2D eigenvalue weighted by molar-refractivity contribution is 6.03. The summed E-state index contributed by atoms with van der Waals surface area (Å²) in [4.78, 5) is 23.3. The molecule has 164 valence electrons. The summed E-state index contributed by atoms with van der Waals surface area (Å²) in [6.07, 6.45) is 14.4. The zero-order valence-electron chi connectivity index (χ0n) is 18.6. The van der Waals surface area contributed by atoms with Crippen LogP contribution < -0.4 is 0 Å². The lowest BCUT2D eigenvalue weighted by Gasteiger charge is -2.15. The molecule has 0 saturated heterocycles. The first-order chi connectivity index (χ1) is 13.9. The van der Waals surface area contributed by atoms with E-state index in [9.17, 15) is 19.8 Å². The predicted octanol–water partition coefficient (Wildman–Crippen LogP) is 7.14. The van der Waals surface area contributed by atoms with Gasteiger partial charge in [0, 0.05) is 0 Å². The normalized spacial score (nSPS) is 11.2.